The third kappa shape index (κ3) is 2.54. The Bertz CT molecular complexity index is 695. The summed E-state index contributed by atoms with van der Waals surface area (Å²) in [6.07, 6.45) is 8.25. The van der Waals surface area contributed by atoms with Crippen molar-refractivity contribution in [3.63, 3.8) is 0 Å². The predicted octanol–water partition coefficient (Wildman–Crippen LogP) is 1.50. The first kappa shape index (κ1) is 12.4. The number of pyridine rings is 1. The van der Waals surface area contributed by atoms with Crippen LogP contribution in [-0.4, -0.2) is 24.3 Å². The maximum Gasteiger partial charge on any atom is 0.123 e. The molecule has 3 heterocycles. The third-order valence-electron chi connectivity index (χ3n) is 3.17. The Morgan fingerprint density at radius 3 is 2.80 bits per heavy atom. The number of nitrogens with zero attached hydrogens (tertiary/aromatic N) is 5. The summed E-state index contributed by atoms with van der Waals surface area (Å²) in [6, 6.07) is 5.78. The van der Waals surface area contributed by atoms with Crippen molar-refractivity contribution in [3.8, 4) is 11.3 Å². The molecule has 0 saturated carbocycles. The summed E-state index contributed by atoms with van der Waals surface area (Å²) in [5.74, 6) is 0.522. The fraction of sp³-hybridized carbons (Fsp3) is 0.214. The average molecular weight is 268 g/mol. The zero-order valence-electron chi connectivity index (χ0n) is 11.3. The molecule has 0 radical (unpaired) electrons. The van der Waals surface area contributed by atoms with Gasteiger partial charge in [-0.1, -0.05) is 0 Å². The minimum absolute atomic E-state index is 0.522. The van der Waals surface area contributed by atoms with Crippen LogP contribution in [-0.2, 0) is 20.0 Å². The van der Waals surface area contributed by atoms with Gasteiger partial charge in [0.25, 0.3) is 0 Å². The van der Waals surface area contributed by atoms with Crippen molar-refractivity contribution in [1.82, 2.24) is 24.3 Å². The first-order chi connectivity index (χ1) is 9.72. The van der Waals surface area contributed by atoms with Gasteiger partial charge in [0, 0.05) is 38.0 Å². The highest BCUT2D eigenvalue weighted by molar-refractivity contribution is 5.59. The van der Waals surface area contributed by atoms with Gasteiger partial charge in [-0.05, 0) is 18.2 Å². The van der Waals surface area contributed by atoms with Gasteiger partial charge in [0.15, 0.2) is 0 Å². The summed E-state index contributed by atoms with van der Waals surface area (Å²) in [5.41, 5.74) is 8.73. The van der Waals surface area contributed by atoms with Crippen molar-refractivity contribution < 1.29 is 0 Å². The van der Waals surface area contributed by atoms with E-state index in [9.17, 15) is 0 Å². The highest BCUT2D eigenvalue weighted by atomic mass is 15.2. The van der Waals surface area contributed by atoms with Crippen molar-refractivity contribution in [2.45, 2.75) is 13.0 Å². The summed E-state index contributed by atoms with van der Waals surface area (Å²) in [5, 5.41) is 4.38. The minimum atomic E-state index is 0.522. The standard InChI is InChI=1S/C14H16N6/c1-19-6-4-12(18-19)5-7-20-10-16-9-13(20)11-2-3-14(15)17-8-11/h2-4,6,8-10H,5,7H2,1H3,(H2,15,17). The molecule has 3 aromatic heterocycles. The van der Waals surface area contributed by atoms with Gasteiger partial charge in [-0.3, -0.25) is 4.68 Å². The molecule has 0 unspecified atom stereocenters. The second-order valence-corrected chi connectivity index (χ2v) is 4.67. The quantitative estimate of drug-likeness (QED) is 0.778. The number of nitrogens with two attached hydrogens (primary N) is 1. The van der Waals surface area contributed by atoms with Crippen LogP contribution >= 0.6 is 0 Å². The summed E-state index contributed by atoms with van der Waals surface area (Å²) >= 11 is 0. The molecule has 0 aliphatic heterocycles. The molecule has 6 nitrogen and oxygen atoms in total. The summed E-state index contributed by atoms with van der Waals surface area (Å²) in [7, 11) is 1.92. The van der Waals surface area contributed by atoms with Gasteiger partial charge in [-0.15, -0.1) is 0 Å². The first-order valence-electron chi connectivity index (χ1n) is 6.43. The smallest absolute Gasteiger partial charge is 0.123 e. The van der Waals surface area contributed by atoms with Gasteiger partial charge < -0.3 is 10.3 Å². The fourth-order valence-electron chi connectivity index (χ4n) is 2.13. The summed E-state index contributed by atoms with van der Waals surface area (Å²) in [6.45, 7) is 0.830. The molecule has 0 aliphatic rings. The van der Waals surface area contributed by atoms with Crippen LogP contribution in [0.25, 0.3) is 11.3 Å². The molecule has 0 aromatic carbocycles. The number of imidazole rings is 1. The van der Waals surface area contributed by atoms with E-state index in [1.54, 1.807) is 12.3 Å². The molecule has 3 aromatic rings. The van der Waals surface area contributed by atoms with Crippen LogP contribution in [0.15, 0.2) is 43.1 Å². The molecule has 102 valence electrons. The number of nitrogen functional groups attached to an aromatic ring is 1. The van der Waals surface area contributed by atoms with E-state index in [4.69, 9.17) is 5.73 Å². The van der Waals surface area contributed by atoms with E-state index in [1.165, 1.54) is 0 Å². The Morgan fingerprint density at radius 1 is 1.20 bits per heavy atom. The molecule has 0 spiro atoms. The summed E-state index contributed by atoms with van der Waals surface area (Å²) in [4.78, 5) is 8.34. The number of rotatable bonds is 4. The molecule has 20 heavy (non-hydrogen) atoms. The van der Waals surface area contributed by atoms with Crippen LogP contribution in [0, 0.1) is 0 Å². The number of anilines is 1. The molecule has 0 bridgehead atoms. The van der Waals surface area contributed by atoms with E-state index in [-0.39, 0.29) is 0 Å². The van der Waals surface area contributed by atoms with Crippen LogP contribution in [0.2, 0.25) is 0 Å². The van der Waals surface area contributed by atoms with Crippen molar-refractivity contribution in [1.29, 1.82) is 0 Å². The Morgan fingerprint density at radius 2 is 2.10 bits per heavy atom. The van der Waals surface area contributed by atoms with Crippen molar-refractivity contribution >= 4 is 5.82 Å². The lowest BCUT2D eigenvalue weighted by molar-refractivity contribution is 0.668. The van der Waals surface area contributed by atoms with Gasteiger partial charge in [0.2, 0.25) is 0 Å². The molecular formula is C14H16N6. The van der Waals surface area contributed by atoms with Crippen LogP contribution in [0.4, 0.5) is 5.82 Å². The maximum atomic E-state index is 5.61. The molecule has 0 amide bonds. The lowest BCUT2D eigenvalue weighted by Crippen LogP contribution is -2.03. The highest BCUT2D eigenvalue weighted by Gasteiger charge is 2.06. The molecule has 3 rings (SSSR count). The van der Waals surface area contributed by atoms with Crippen LogP contribution in [0.1, 0.15) is 5.69 Å². The number of hydrogen-bond donors (Lipinski definition) is 1. The van der Waals surface area contributed by atoms with E-state index >= 15 is 0 Å². The maximum absolute atomic E-state index is 5.61. The summed E-state index contributed by atoms with van der Waals surface area (Å²) < 4.78 is 3.91. The van der Waals surface area contributed by atoms with E-state index in [2.05, 4.69) is 19.6 Å². The lowest BCUT2D eigenvalue weighted by Gasteiger charge is -2.07. The molecule has 6 heteroatoms. The van der Waals surface area contributed by atoms with E-state index in [0.717, 1.165) is 29.9 Å². The molecule has 0 saturated heterocycles. The zero-order chi connectivity index (χ0) is 13.9. The topological polar surface area (TPSA) is 74.5 Å². The van der Waals surface area contributed by atoms with Crippen LogP contribution in [0.3, 0.4) is 0 Å². The van der Waals surface area contributed by atoms with Gasteiger partial charge in [0.1, 0.15) is 5.82 Å². The molecular weight excluding hydrogens is 252 g/mol. The minimum Gasteiger partial charge on any atom is -0.384 e. The predicted molar refractivity (Wildman–Crippen MR) is 76.8 cm³/mol. The highest BCUT2D eigenvalue weighted by Crippen LogP contribution is 2.19. The fourth-order valence-corrected chi connectivity index (χ4v) is 2.13. The van der Waals surface area contributed by atoms with Gasteiger partial charge in [-0.2, -0.15) is 5.10 Å². The normalized spacial score (nSPS) is 10.8. The Labute approximate surface area is 116 Å². The van der Waals surface area contributed by atoms with Crippen molar-refractivity contribution in [3.05, 3.63) is 48.8 Å². The number of aryl methyl sites for hydroxylation is 3. The Hall–Kier alpha value is -2.63. The largest absolute Gasteiger partial charge is 0.384 e. The molecule has 0 aliphatic carbocycles. The number of hydrogen-bond acceptors (Lipinski definition) is 4. The molecule has 0 atom stereocenters. The molecule has 0 fully saturated rings. The lowest BCUT2D eigenvalue weighted by atomic mass is 10.2. The van der Waals surface area contributed by atoms with Crippen molar-refractivity contribution in [2.24, 2.45) is 7.05 Å². The second kappa shape index (κ2) is 5.16. The molecule has 2 N–H and O–H groups in total. The van der Waals surface area contributed by atoms with Crippen LogP contribution in [0.5, 0.6) is 0 Å². The Balaban J connectivity index is 1.78. The Kier molecular flexibility index (Phi) is 3.20. The monoisotopic (exact) mass is 268 g/mol. The second-order valence-electron chi connectivity index (χ2n) is 4.67. The first-order valence-corrected chi connectivity index (χ1v) is 6.43. The van der Waals surface area contributed by atoms with Gasteiger partial charge in [0.05, 0.1) is 23.9 Å². The van der Waals surface area contributed by atoms with E-state index in [1.807, 2.05) is 42.6 Å². The van der Waals surface area contributed by atoms with Gasteiger partial charge >= 0.3 is 0 Å². The van der Waals surface area contributed by atoms with E-state index in [0.29, 0.717) is 5.82 Å². The SMILES string of the molecule is Cn1ccc(CCn2cncc2-c2ccc(N)nc2)n1. The van der Waals surface area contributed by atoms with Crippen LogP contribution < -0.4 is 5.73 Å². The zero-order valence-corrected chi connectivity index (χ0v) is 11.3. The third-order valence-corrected chi connectivity index (χ3v) is 3.17. The van der Waals surface area contributed by atoms with E-state index < -0.39 is 0 Å². The number of aromatic nitrogens is 5. The van der Waals surface area contributed by atoms with Gasteiger partial charge in [-0.25, -0.2) is 9.97 Å². The average Bonchev–Trinajstić information content (AvgIpc) is 3.06. The van der Waals surface area contributed by atoms with Crippen molar-refractivity contribution in [2.75, 3.05) is 5.73 Å².